The van der Waals surface area contributed by atoms with Gasteiger partial charge in [0.25, 0.3) is 0 Å². The van der Waals surface area contributed by atoms with Gasteiger partial charge < -0.3 is 11.1 Å². The number of rotatable bonds is 0. The molecule has 0 radical (unpaired) electrons. The first-order valence-electron chi connectivity index (χ1n) is 2.58. The van der Waals surface area contributed by atoms with E-state index in [2.05, 4.69) is 4.99 Å². The molecule has 0 fully saturated rings. The van der Waals surface area contributed by atoms with Crippen molar-refractivity contribution in [1.82, 2.24) is 4.42 Å². The van der Waals surface area contributed by atoms with Crippen molar-refractivity contribution in [2.24, 2.45) is 10.7 Å². The Kier molecular flexibility index (Phi) is 2.13. The molecule has 2 unspecified atom stereocenters. The highest BCUT2D eigenvalue weighted by atomic mass is 35.5. The Morgan fingerprint density at radius 1 is 1.80 bits per heavy atom. The van der Waals surface area contributed by atoms with Crippen LogP contribution in [-0.2, 0) is 0 Å². The molecule has 0 aromatic rings. The second kappa shape index (κ2) is 2.74. The van der Waals surface area contributed by atoms with Crippen LogP contribution in [0.15, 0.2) is 4.99 Å². The lowest BCUT2D eigenvalue weighted by atomic mass is 10.3. The molecule has 1 heterocycles. The van der Waals surface area contributed by atoms with Crippen molar-refractivity contribution in [2.45, 2.75) is 11.7 Å². The van der Waals surface area contributed by atoms with E-state index in [0.29, 0.717) is 0 Å². The van der Waals surface area contributed by atoms with E-state index in [-0.39, 0.29) is 5.71 Å². The van der Waals surface area contributed by atoms with Gasteiger partial charge in [0.1, 0.15) is 12.5 Å². The van der Waals surface area contributed by atoms with Crippen LogP contribution in [0, 0.1) is 5.41 Å². The van der Waals surface area contributed by atoms with Gasteiger partial charge in [-0.15, -0.1) is 0 Å². The summed E-state index contributed by atoms with van der Waals surface area (Å²) in [5.41, 5.74) is 4.78. The van der Waals surface area contributed by atoms with Gasteiger partial charge in [0.15, 0.2) is 5.50 Å². The van der Waals surface area contributed by atoms with Crippen LogP contribution in [0.25, 0.3) is 0 Å². The minimum Gasteiger partial charge on any atom is -0.305 e. The smallest absolute Gasteiger partial charge is 0.161 e. The third kappa shape index (κ3) is 1.23. The molecule has 1 rings (SSSR count). The van der Waals surface area contributed by atoms with Gasteiger partial charge in [-0.2, -0.15) is 0 Å². The molecule has 1 aliphatic heterocycles. The molecular formula is C4H6Cl2N4. The second-order valence-electron chi connectivity index (χ2n) is 1.84. The number of aliphatic imine (C=N–C) groups is 1. The summed E-state index contributed by atoms with van der Waals surface area (Å²) >= 11 is 11.1. The summed E-state index contributed by atoms with van der Waals surface area (Å²) in [6, 6.07) is 0. The van der Waals surface area contributed by atoms with Gasteiger partial charge >= 0.3 is 0 Å². The van der Waals surface area contributed by atoms with Crippen LogP contribution in [0.2, 0.25) is 0 Å². The molecule has 10 heavy (non-hydrogen) atoms. The lowest BCUT2D eigenvalue weighted by Gasteiger charge is -2.24. The van der Waals surface area contributed by atoms with E-state index in [0.717, 1.165) is 4.42 Å². The van der Waals surface area contributed by atoms with Gasteiger partial charge in [0.05, 0.1) is 5.71 Å². The van der Waals surface area contributed by atoms with E-state index in [1.807, 2.05) is 0 Å². The zero-order chi connectivity index (χ0) is 7.72. The maximum Gasteiger partial charge on any atom is 0.161 e. The molecule has 0 aromatic heterocycles. The van der Waals surface area contributed by atoms with Crippen molar-refractivity contribution in [1.29, 1.82) is 5.41 Å². The van der Waals surface area contributed by atoms with Gasteiger partial charge in [-0.1, -0.05) is 11.6 Å². The highest BCUT2D eigenvalue weighted by Crippen LogP contribution is 2.13. The number of nitrogens with zero attached hydrogens (tertiary/aromatic N) is 2. The minimum atomic E-state index is -0.672. The Morgan fingerprint density at radius 3 is 2.90 bits per heavy atom. The molecule has 0 aromatic carbocycles. The zero-order valence-corrected chi connectivity index (χ0v) is 6.47. The predicted molar refractivity (Wildman–Crippen MR) is 41.5 cm³/mol. The van der Waals surface area contributed by atoms with E-state index in [1.165, 1.54) is 6.34 Å². The van der Waals surface area contributed by atoms with Crippen molar-refractivity contribution in [3.63, 3.8) is 0 Å². The Hall–Kier alpha value is -0.320. The standard InChI is InChI=1S/C4H6Cl2N4/c5-3-2(7)4(8)9-1-10(3)6/h1,3-4,7H,8H2. The van der Waals surface area contributed by atoms with Crippen molar-refractivity contribution in [3.05, 3.63) is 0 Å². The van der Waals surface area contributed by atoms with E-state index < -0.39 is 11.7 Å². The van der Waals surface area contributed by atoms with Crippen LogP contribution < -0.4 is 5.73 Å². The topological polar surface area (TPSA) is 65.5 Å². The fourth-order valence-corrected chi connectivity index (χ4v) is 0.883. The van der Waals surface area contributed by atoms with E-state index in [1.54, 1.807) is 0 Å². The highest BCUT2D eigenvalue weighted by molar-refractivity contribution is 6.37. The molecule has 0 bridgehead atoms. The first-order chi connectivity index (χ1) is 4.63. The quantitative estimate of drug-likeness (QED) is 0.321. The van der Waals surface area contributed by atoms with Crippen LogP contribution in [0.1, 0.15) is 0 Å². The molecule has 0 saturated heterocycles. The predicted octanol–water partition coefficient (Wildman–Crippen LogP) is 0.354. The summed E-state index contributed by atoms with van der Waals surface area (Å²) in [6.07, 6.45) is 0.666. The van der Waals surface area contributed by atoms with Crippen LogP contribution in [0.3, 0.4) is 0 Å². The molecule has 0 saturated carbocycles. The molecule has 0 aliphatic carbocycles. The molecular weight excluding hydrogens is 175 g/mol. The summed E-state index contributed by atoms with van der Waals surface area (Å²) < 4.78 is 1.10. The van der Waals surface area contributed by atoms with Crippen molar-refractivity contribution >= 4 is 35.4 Å². The number of alkyl halides is 1. The van der Waals surface area contributed by atoms with Gasteiger partial charge in [0, 0.05) is 11.8 Å². The highest BCUT2D eigenvalue weighted by Gasteiger charge is 2.25. The molecule has 2 atom stereocenters. The molecule has 0 amide bonds. The van der Waals surface area contributed by atoms with Crippen molar-refractivity contribution in [2.75, 3.05) is 0 Å². The zero-order valence-electron chi connectivity index (χ0n) is 4.96. The van der Waals surface area contributed by atoms with Gasteiger partial charge in [-0.3, -0.25) is 4.42 Å². The average Bonchev–Trinajstić information content (AvgIpc) is 1.93. The summed E-state index contributed by atoms with van der Waals surface area (Å²) in [4.78, 5) is 3.68. The normalized spacial score (nSPS) is 33.1. The van der Waals surface area contributed by atoms with Gasteiger partial charge in [0.2, 0.25) is 0 Å². The number of nitrogens with two attached hydrogens (primary N) is 1. The summed E-state index contributed by atoms with van der Waals surface area (Å²) in [5, 5.41) is 7.23. The third-order valence-corrected chi connectivity index (χ3v) is 1.96. The van der Waals surface area contributed by atoms with Gasteiger partial charge in [-0.25, -0.2) is 4.99 Å². The van der Waals surface area contributed by atoms with Crippen LogP contribution in [-0.4, -0.2) is 28.1 Å². The number of halogens is 2. The number of nitrogens with one attached hydrogen (secondary N) is 1. The Labute approximate surface area is 68.2 Å². The molecule has 4 nitrogen and oxygen atoms in total. The lowest BCUT2D eigenvalue weighted by Crippen LogP contribution is -2.44. The van der Waals surface area contributed by atoms with Crippen LogP contribution in [0.4, 0.5) is 0 Å². The SMILES string of the molecule is N=C1C(N)N=CN(Cl)C1Cl. The third-order valence-electron chi connectivity index (χ3n) is 1.13. The first-order valence-corrected chi connectivity index (χ1v) is 3.36. The number of hydrogen-bond acceptors (Lipinski definition) is 4. The first kappa shape index (κ1) is 7.78. The van der Waals surface area contributed by atoms with Gasteiger partial charge in [-0.05, 0) is 0 Å². The summed E-state index contributed by atoms with van der Waals surface area (Å²) in [7, 11) is 0. The Balaban J connectivity index is 2.79. The van der Waals surface area contributed by atoms with E-state index in [9.17, 15) is 0 Å². The Morgan fingerprint density at radius 2 is 2.40 bits per heavy atom. The fourth-order valence-electron chi connectivity index (χ4n) is 0.548. The summed E-state index contributed by atoms with van der Waals surface area (Å²) in [6.45, 7) is 0. The maximum absolute atomic E-state index is 7.23. The van der Waals surface area contributed by atoms with E-state index in [4.69, 9.17) is 34.5 Å². The van der Waals surface area contributed by atoms with Crippen LogP contribution >= 0.6 is 23.4 Å². The monoisotopic (exact) mass is 180 g/mol. The number of hydrogen-bond donors (Lipinski definition) is 2. The maximum atomic E-state index is 7.23. The van der Waals surface area contributed by atoms with Crippen molar-refractivity contribution < 1.29 is 0 Å². The summed E-state index contributed by atoms with van der Waals surface area (Å²) in [5.74, 6) is 0. The van der Waals surface area contributed by atoms with E-state index >= 15 is 0 Å². The largest absolute Gasteiger partial charge is 0.305 e. The molecule has 0 spiro atoms. The molecule has 56 valence electrons. The average molecular weight is 181 g/mol. The van der Waals surface area contributed by atoms with Crippen LogP contribution in [0.5, 0.6) is 0 Å². The molecule has 1 aliphatic rings. The molecule has 3 N–H and O–H groups in total. The second-order valence-corrected chi connectivity index (χ2v) is 2.65. The minimum absolute atomic E-state index is 0.110. The fraction of sp³-hybridized carbons (Fsp3) is 0.500. The Bertz CT molecular complexity index is 180. The molecule has 6 heteroatoms. The van der Waals surface area contributed by atoms with Crippen molar-refractivity contribution in [3.8, 4) is 0 Å². The lowest BCUT2D eigenvalue weighted by molar-refractivity contribution is 0.662.